The van der Waals surface area contributed by atoms with Crippen LogP contribution in [0, 0.1) is 0 Å². The fraction of sp³-hybridized carbons (Fsp3) is 0.714. The van der Waals surface area contributed by atoms with E-state index in [0.717, 1.165) is 6.42 Å². The van der Waals surface area contributed by atoms with Gasteiger partial charge in [0.2, 0.25) is 8.32 Å². The van der Waals surface area contributed by atoms with Crippen LogP contribution in [-0.4, -0.2) is 8.32 Å². The van der Waals surface area contributed by atoms with E-state index in [1.165, 1.54) is 3.58 Å². The van der Waals surface area contributed by atoms with Gasteiger partial charge < -0.3 is 4.43 Å². The van der Waals surface area contributed by atoms with E-state index in [4.69, 9.17) is 4.43 Å². The number of rotatable bonds is 3. The van der Waals surface area contributed by atoms with Crippen LogP contribution in [0.5, 0.6) is 0 Å². The largest absolute Gasteiger partial charge is 0.549 e. The second kappa shape index (κ2) is 4.38. The van der Waals surface area contributed by atoms with Crippen LogP contribution in [0.4, 0.5) is 0 Å². The maximum Gasteiger partial charge on any atom is 0.241 e. The minimum absolute atomic E-state index is 1.07. The summed E-state index contributed by atoms with van der Waals surface area (Å²) in [5.41, 5.74) is 0. The summed E-state index contributed by atoms with van der Waals surface area (Å²) in [6.45, 7) is 8.68. The Kier molecular flexibility index (Phi) is 4.60. The van der Waals surface area contributed by atoms with E-state index in [1.54, 1.807) is 0 Å². The molecule has 1 nitrogen and oxygen atoms in total. The molecule has 0 N–H and O–H groups in total. The van der Waals surface area contributed by atoms with Crippen LogP contribution >= 0.6 is 22.6 Å². The summed E-state index contributed by atoms with van der Waals surface area (Å²) in [5, 5.41) is 0. The van der Waals surface area contributed by atoms with E-state index >= 15 is 0 Å². The van der Waals surface area contributed by atoms with E-state index in [2.05, 4.69) is 49.2 Å². The molecular formula is C7H15IOSi. The second-order valence-electron chi connectivity index (χ2n) is 3.15. The molecule has 0 bridgehead atoms. The summed E-state index contributed by atoms with van der Waals surface area (Å²) in [5.74, 6) is 0. The lowest BCUT2D eigenvalue weighted by Gasteiger charge is -2.15. The molecule has 0 aromatic carbocycles. The molecule has 0 spiro atoms. The normalized spacial score (nSPS) is 13.5. The summed E-state index contributed by atoms with van der Waals surface area (Å²) in [6.07, 6.45) is 2.97. The van der Waals surface area contributed by atoms with Crippen LogP contribution in [0.3, 0.4) is 0 Å². The molecule has 0 aliphatic rings. The van der Waals surface area contributed by atoms with Crippen molar-refractivity contribution in [3.8, 4) is 0 Å². The molecule has 0 atom stereocenters. The molecule has 0 fully saturated rings. The van der Waals surface area contributed by atoms with Gasteiger partial charge in [-0.3, -0.25) is 0 Å². The van der Waals surface area contributed by atoms with Crippen LogP contribution in [0.1, 0.15) is 13.3 Å². The molecule has 3 heteroatoms. The highest BCUT2D eigenvalue weighted by Crippen LogP contribution is 2.12. The quantitative estimate of drug-likeness (QED) is 0.433. The van der Waals surface area contributed by atoms with Crippen LogP contribution in [0.2, 0.25) is 19.6 Å². The van der Waals surface area contributed by atoms with Crippen molar-refractivity contribution in [2.75, 3.05) is 0 Å². The molecule has 0 rings (SSSR count). The van der Waals surface area contributed by atoms with Crippen LogP contribution in [0.25, 0.3) is 0 Å². The monoisotopic (exact) mass is 270 g/mol. The number of allylic oxidation sites excluding steroid dienone is 1. The van der Waals surface area contributed by atoms with Crippen molar-refractivity contribution in [2.45, 2.75) is 33.0 Å². The van der Waals surface area contributed by atoms with Crippen LogP contribution in [0.15, 0.2) is 9.84 Å². The Morgan fingerprint density at radius 2 is 2.00 bits per heavy atom. The van der Waals surface area contributed by atoms with E-state index in [1.807, 2.05) is 6.26 Å². The zero-order chi connectivity index (χ0) is 8.20. The Morgan fingerprint density at radius 1 is 1.50 bits per heavy atom. The van der Waals surface area contributed by atoms with E-state index in [9.17, 15) is 0 Å². The van der Waals surface area contributed by atoms with Crippen molar-refractivity contribution >= 4 is 30.9 Å². The van der Waals surface area contributed by atoms with Crippen molar-refractivity contribution in [1.29, 1.82) is 0 Å². The van der Waals surface area contributed by atoms with E-state index < -0.39 is 8.32 Å². The topological polar surface area (TPSA) is 9.23 Å². The SMILES string of the molecule is CCC(I)=CO[Si](C)(C)C. The summed E-state index contributed by atoms with van der Waals surface area (Å²) in [6, 6.07) is 0. The lowest BCUT2D eigenvalue weighted by molar-refractivity contribution is 0.476. The lowest BCUT2D eigenvalue weighted by Crippen LogP contribution is -2.22. The van der Waals surface area contributed by atoms with Crippen molar-refractivity contribution in [3.63, 3.8) is 0 Å². The van der Waals surface area contributed by atoms with Crippen molar-refractivity contribution in [3.05, 3.63) is 9.84 Å². The average molecular weight is 270 g/mol. The van der Waals surface area contributed by atoms with Gasteiger partial charge >= 0.3 is 0 Å². The molecule has 0 aromatic rings. The number of hydrogen-bond acceptors (Lipinski definition) is 1. The van der Waals surface area contributed by atoms with Gasteiger partial charge in [-0.05, 0) is 48.7 Å². The predicted octanol–water partition coefficient (Wildman–Crippen LogP) is 3.52. The smallest absolute Gasteiger partial charge is 0.241 e. The van der Waals surface area contributed by atoms with Gasteiger partial charge in [-0.15, -0.1) is 0 Å². The van der Waals surface area contributed by atoms with Gasteiger partial charge in [0, 0.05) is 3.58 Å². The molecular weight excluding hydrogens is 255 g/mol. The fourth-order valence-corrected chi connectivity index (χ4v) is 1.19. The first-order valence-corrected chi connectivity index (χ1v) is 7.97. The summed E-state index contributed by atoms with van der Waals surface area (Å²) < 4.78 is 6.84. The standard InChI is InChI=1S/C7H15IOSi/c1-5-7(8)6-9-10(2,3)4/h6H,5H2,1-4H3. The zero-order valence-electron chi connectivity index (χ0n) is 7.07. The molecule has 0 saturated carbocycles. The Balaban J connectivity index is 3.73. The highest BCUT2D eigenvalue weighted by Gasteiger charge is 2.13. The van der Waals surface area contributed by atoms with Crippen molar-refractivity contribution in [1.82, 2.24) is 0 Å². The molecule has 0 aromatic heterocycles. The zero-order valence-corrected chi connectivity index (χ0v) is 10.2. The average Bonchev–Trinajstić information content (AvgIpc) is 1.81. The molecule has 10 heavy (non-hydrogen) atoms. The van der Waals surface area contributed by atoms with Gasteiger partial charge in [0.15, 0.2) is 0 Å². The maximum atomic E-state index is 5.55. The number of halogens is 1. The third-order valence-corrected chi connectivity index (χ3v) is 2.72. The van der Waals surface area contributed by atoms with Gasteiger partial charge in [0.05, 0.1) is 6.26 Å². The van der Waals surface area contributed by atoms with Gasteiger partial charge in [0.25, 0.3) is 0 Å². The predicted molar refractivity (Wildman–Crippen MR) is 56.8 cm³/mol. The second-order valence-corrected chi connectivity index (χ2v) is 8.99. The first-order valence-electron chi connectivity index (χ1n) is 3.48. The van der Waals surface area contributed by atoms with Crippen LogP contribution in [-0.2, 0) is 4.43 Å². The molecule has 0 amide bonds. The van der Waals surface area contributed by atoms with E-state index in [-0.39, 0.29) is 0 Å². The van der Waals surface area contributed by atoms with Gasteiger partial charge in [-0.25, -0.2) is 0 Å². The summed E-state index contributed by atoms with van der Waals surface area (Å²) >= 11 is 2.30. The molecule has 0 radical (unpaired) electrons. The highest BCUT2D eigenvalue weighted by atomic mass is 127. The van der Waals surface area contributed by atoms with Gasteiger partial charge in [0.1, 0.15) is 0 Å². The third kappa shape index (κ3) is 6.60. The molecule has 0 unspecified atom stereocenters. The Labute approximate surface area is 78.1 Å². The maximum absolute atomic E-state index is 5.55. The summed E-state index contributed by atoms with van der Waals surface area (Å²) in [7, 11) is -1.32. The van der Waals surface area contributed by atoms with Crippen molar-refractivity contribution in [2.24, 2.45) is 0 Å². The molecule has 0 aliphatic heterocycles. The van der Waals surface area contributed by atoms with E-state index in [0.29, 0.717) is 0 Å². The molecule has 0 heterocycles. The van der Waals surface area contributed by atoms with Crippen LogP contribution < -0.4 is 0 Å². The minimum Gasteiger partial charge on any atom is -0.549 e. The molecule has 0 saturated heterocycles. The minimum atomic E-state index is -1.32. The Bertz CT molecular complexity index is 126. The lowest BCUT2D eigenvalue weighted by atomic mass is 10.5. The fourth-order valence-electron chi connectivity index (χ4n) is 0.324. The first kappa shape index (κ1) is 10.5. The number of hydrogen-bond donors (Lipinski definition) is 0. The van der Waals surface area contributed by atoms with Gasteiger partial charge in [-0.1, -0.05) is 6.92 Å². The summed E-state index contributed by atoms with van der Waals surface area (Å²) in [4.78, 5) is 0. The third-order valence-electron chi connectivity index (χ3n) is 0.878. The molecule has 60 valence electrons. The van der Waals surface area contributed by atoms with Crippen molar-refractivity contribution < 1.29 is 4.43 Å². The molecule has 0 aliphatic carbocycles. The highest BCUT2D eigenvalue weighted by molar-refractivity contribution is 14.1. The first-order chi connectivity index (χ1) is 4.45. The Hall–Kier alpha value is 0.487. The Morgan fingerprint density at radius 3 is 2.30 bits per heavy atom. The van der Waals surface area contributed by atoms with Gasteiger partial charge in [-0.2, -0.15) is 0 Å².